The molecule has 0 radical (unpaired) electrons. The zero-order valence-electron chi connectivity index (χ0n) is 12.8. The topological polar surface area (TPSA) is 104 Å². The Hall–Kier alpha value is -2.13. The van der Waals surface area contributed by atoms with Gasteiger partial charge in [0.2, 0.25) is 5.13 Å². The maximum absolute atomic E-state index is 11.9. The number of urea groups is 1. The fourth-order valence-corrected chi connectivity index (χ4v) is 3.41. The number of rotatable bonds is 5. The van der Waals surface area contributed by atoms with Gasteiger partial charge in [-0.25, -0.2) is 4.79 Å². The van der Waals surface area contributed by atoms with E-state index in [2.05, 4.69) is 20.8 Å². The first-order chi connectivity index (χ1) is 10.8. The largest absolute Gasteiger partial charge is 0.480 e. The fraction of sp³-hybridized carbons (Fsp3) is 0.286. The average Bonchev–Trinajstić information content (AvgIpc) is 2.89. The van der Waals surface area contributed by atoms with Crippen molar-refractivity contribution >= 4 is 45.9 Å². The standard InChI is InChI=1S/C14H16N4O3S2/c1-7-4-5-10(6-8(7)2)15-12(21)16-13-17-18-14(23-13)22-9(3)11(19)20/h4-6,9H,1-3H3,(H,19,20)(H2,15,16,17,21)/t9-/m0/s1. The van der Waals surface area contributed by atoms with E-state index in [1.807, 2.05) is 32.0 Å². The van der Waals surface area contributed by atoms with E-state index < -0.39 is 17.3 Å². The predicted molar refractivity (Wildman–Crippen MR) is 91.4 cm³/mol. The summed E-state index contributed by atoms with van der Waals surface area (Å²) in [6, 6.07) is 5.20. The van der Waals surface area contributed by atoms with Gasteiger partial charge >= 0.3 is 12.0 Å². The summed E-state index contributed by atoms with van der Waals surface area (Å²) in [6.07, 6.45) is 0. The van der Waals surface area contributed by atoms with Crippen molar-refractivity contribution in [2.45, 2.75) is 30.4 Å². The third-order valence-electron chi connectivity index (χ3n) is 3.02. The minimum Gasteiger partial charge on any atom is -0.480 e. The summed E-state index contributed by atoms with van der Waals surface area (Å²) in [4.78, 5) is 22.7. The summed E-state index contributed by atoms with van der Waals surface area (Å²) in [5, 5.41) is 21.5. The number of aryl methyl sites for hydroxylation is 2. The van der Waals surface area contributed by atoms with Gasteiger partial charge in [0, 0.05) is 5.69 Å². The first-order valence-electron chi connectivity index (χ1n) is 6.73. The highest BCUT2D eigenvalue weighted by molar-refractivity contribution is 8.02. The third kappa shape index (κ3) is 4.93. The molecule has 2 rings (SSSR count). The summed E-state index contributed by atoms with van der Waals surface area (Å²) < 4.78 is 0.487. The fourth-order valence-electron chi connectivity index (χ4n) is 1.59. The zero-order chi connectivity index (χ0) is 17.0. The van der Waals surface area contributed by atoms with E-state index in [1.165, 1.54) is 0 Å². The monoisotopic (exact) mass is 352 g/mol. The Kier molecular flexibility index (Phi) is 5.56. The number of carbonyl (C=O) groups excluding carboxylic acids is 1. The van der Waals surface area contributed by atoms with Crippen LogP contribution in [0, 0.1) is 13.8 Å². The number of anilines is 2. The first kappa shape index (κ1) is 17.2. The van der Waals surface area contributed by atoms with E-state index in [9.17, 15) is 9.59 Å². The molecule has 0 aliphatic rings. The molecule has 9 heteroatoms. The number of thioether (sulfide) groups is 1. The Bertz CT molecular complexity index is 733. The minimum atomic E-state index is -0.924. The summed E-state index contributed by atoms with van der Waals surface area (Å²) in [7, 11) is 0. The molecule has 0 aliphatic carbocycles. The minimum absolute atomic E-state index is 0.312. The molecule has 3 N–H and O–H groups in total. The van der Waals surface area contributed by atoms with Crippen molar-refractivity contribution in [2.75, 3.05) is 10.6 Å². The van der Waals surface area contributed by atoms with Crippen LogP contribution in [0.2, 0.25) is 0 Å². The van der Waals surface area contributed by atoms with E-state index in [0.717, 1.165) is 34.2 Å². The Labute approximate surface area is 141 Å². The van der Waals surface area contributed by atoms with Gasteiger partial charge in [-0.1, -0.05) is 29.2 Å². The molecule has 0 fully saturated rings. The number of nitrogens with zero attached hydrogens (tertiary/aromatic N) is 2. The van der Waals surface area contributed by atoms with Crippen molar-refractivity contribution in [1.82, 2.24) is 10.2 Å². The number of hydrogen-bond acceptors (Lipinski definition) is 6. The van der Waals surface area contributed by atoms with Crippen molar-refractivity contribution in [3.8, 4) is 0 Å². The molecule has 0 saturated carbocycles. The Morgan fingerprint density at radius 2 is 1.96 bits per heavy atom. The number of nitrogens with one attached hydrogen (secondary N) is 2. The molecule has 0 unspecified atom stereocenters. The normalized spacial score (nSPS) is 11.8. The number of aliphatic carboxylic acids is 1. The molecule has 23 heavy (non-hydrogen) atoms. The lowest BCUT2D eigenvalue weighted by Crippen LogP contribution is -2.19. The maximum Gasteiger partial charge on any atom is 0.325 e. The lowest BCUT2D eigenvalue weighted by Gasteiger charge is -2.07. The first-order valence-corrected chi connectivity index (χ1v) is 8.43. The maximum atomic E-state index is 11.9. The number of carboxylic acid groups (broad SMARTS) is 1. The van der Waals surface area contributed by atoms with Gasteiger partial charge in [0.05, 0.1) is 0 Å². The van der Waals surface area contributed by atoms with Gasteiger partial charge in [-0.3, -0.25) is 10.1 Å². The van der Waals surface area contributed by atoms with Crippen LogP contribution in [0.3, 0.4) is 0 Å². The van der Waals surface area contributed by atoms with E-state index in [1.54, 1.807) is 6.92 Å². The molecule has 7 nitrogen and oxygen atoms in total. The van der Waals surface area contributed by atoms with E-state index in [4.69, 9.17) is 5.11 Å². The molecule has 1 heterocycles. The molecule has 122 valence electrons. The lowest BCUT2D eigenvalue weighted by atomic mass is 10.1. The predicted octanol–water partition coefficient (Wildman–Crippen LogP) is 3.36. The smallest absolute Gasteiger partial charge is 0.325 e. The molecule has 1 atom stereocenters. The number of benzene rings is 1. The van der Waals surface area contributed by atoms with Crippen molar-refractivity contribution in [2.24, 2.45) is 0 Å². The average molecular weight is 352 g/mol. The summed E-state index contributed by atoms with van der Waals surface area (Å²) >= 11 is 2.21. The number of hydrogen-bond donors (Lipinski definition) is 3. The van der Waals surface area contributed by atoms with Gasteiger partial charge in [-0.2, -0.15) is 0 Å². The number of carbonyl (C=O) groups is 2. The zero-order valence-corrected chi connectivity index (χ0v) is 14.4. The highest BCUT2D eigenvalue weighted by Crippen LogP contribution is 2.29. The molecule has 1 aromatic heterocycles. The summed E-state index contributed by atoms with van der Waals surface area (Å²) in [5.74, 6) is -0.924. The van der Waals surface area contributed by atoms with E-state index in [-0.39, 0.29) is 0 Å². The van der Waals surface area contributed by atoms with Crippen LogP contribution >= 0.6 is 23.1 Å². The molecule has 0 aliphatic heterocycles. The number of aromatic nitrogens is 2. The van der Waals surface area contributed by atoms with Crippen LogP contribution < -0.4 is 10.6 Å². The van der Waals surface area contributed by atoms with Gasteiger partial charge in [0.15, 0.2) is 4.34 Å². The van der Waals surface area contributed by atoms with Crippen molar-refractivity contribution < 1.29 is 14.7 Å². The summed E-state index contributed by atoms with van der Waals surface area (Å²) in [5.41, 5.74) is 2.92. The van der Waals surface area contributed by atoms with Crippen LogP contribution in [0.25, 0.3) is 0 Å². The quantitative estimate of drug-likeness (QED) is 0.563. The Morgan fingerprint density at radius 3 is 2.61 bits per heavy atom. The van der Waals surface area contributed by atoms with Gasteiger partial charge in [0.1, 0.15) is 5.25 Å². The van der Waals surface area contributed by atoms with Gasteiger partial charge in [-0.15, -0.1) is 10.2 Å². The molecule has 0 spiro atoms. The molecule has 2 amide bonds. The number of amides is 2. The van der Waals surface area contributed by atoms with E-state index in [0.29, 0.717) is 15.2 Å². The Morgan fingerprint density at radius 1 is 1.22 bits per heavy atom. The molecule has 0 saturated heterocycles. The van der Waals surface area contributed by atoms with Crippen LogP contribution in [0.4, 0.5) is 15.6 Å². The second kappa shape index (κ2) is 7.42. The van der Waals surface area contributed by atoms with Crippen LogP contribution in [-0.4, -0.2) is 32.6 Å². The van der Waals surface area contributed by atoms with Crippen LogP contribution in [-0.2, 0) is 4.79 Å². The van der Waals surface area contributed by atoms with Crippen LogP contribution in [0.15, 0.2) is 22.5 Å². The SMILES string of the molecule is Cc1ccc(NC(=O)Nc2nnc(S[C@@H](C)C(=O)O)s2)cc1C. The van der Waals surface area contributed by atoms with Crippen LogP contribution in [0.5, 0.6) is 0 Å². The second-order valence-corrected chi connectivity index (χ2v) is 7.42. The highest BCUT2D eigenvalue weighted by Gasteiger charge is 2.16. The third-order valence-corrected chi connectivity index (χ3v) is 5.03. The second-order valence-electron chi connectivity index (χ2n) is 4.85. The van der Waals surface area contributed by atoms with Gasteiger partial charge < -0.3 is 10.4 Å². The van der Waals surface area contributed by atoms with E-state index >= 15 is 0 Å². The number of carboxylic acids is 1. The molecular weight excluding hydrogens is 336 g/mol. The Balaban J connectivity index is 1.94. The summed E-state index contributed by atoms with van der Waals surface area (Å²) in [6.45, 7) is 5.53. The lowest BCUT2D eigenvalue weighted by molar-refractivity contribution is -0.136. The van der Waals surface area contributed by atoms with Gasteiger partial charge in [-0.05, 0) is 44.0 Å². The van der Waals surface area contributed by atoms with Crippen molar-refractivity contribution in [3.63, 3.8) is 0 Å². The highest BCUT2D eigenvalue weighted by atomic mass is 32.2. The molecule has 1 aromatic carbocycles. The van der Waals surface area contributed by atoms with Crippen molar-refractivity contribution in [1.29, 1.82) is 0 Å². The molecular formula is C14H16N4O3S2. The van der Waals surface area contributed by atoms with Crippen molar-refractivity contribution in [3.05, 3.63) is 29.3 Å². The van der Waals surface area contributed by atoms with Gasteiger partial charge in [0.25, 0.3) is 0 Å². The van der Waals surface area contributed by atoms with Crippen LogP contribution in [0.1, 0.15) is 18.1 Å². The molecule has 2 aromatic rings. The molecule has 0 bridgehead atoms.